The molecule has 2 nitrogen and oxygen atoms in total. The van der Waals surface area contributed by atoms with Crippen molar-refractivity contribution in [2.45, 2.75) is 45.1 Å². The van der Waals surface area contributed by atoms with Crippen molar-refractivity contribution in [2.75, 3.05) is 13.2 Å². The third kappa shape index (κ3) is 3.06. The predicted octanol–water partition coefficient (Wildman–Crippen LogP) is 3.60. The highest BCUT2D eigenvalue weighted by Crippen LogP contribution is 2.37. The molecule has 0 spiro atoms. The average molecular weight is 280 g/mol. The van der Waals surface area contributed by atoms with Gasteiger partial charge in [-0.25, -0.2) is 0 Å². The van der Waals surface area contributed by atoms with Crippen LogP contribution in [0.5, 0.6) is 5.75 Å². The van der Waals surface area contributed by atoms with Crippen molar-refractivity contribution in [1.29, 1.82) is 0 Å². The molecular formula is C16H22ClNO. The van der Waals surface area contributed by atoms with E-state index < -0.39 is 0 Å². The van der Waals surface area contributed by atoms with E-state index in [0.717, 1.165) is 42.7 Å². The van der Waals surface area contributed by atoms with Gasteiger partial charge >= 0.3 is 0 Å². The SMILES string of the molecule is CCNC(CCc1cc(Cl)cc2c1OCC2)C1CC1. The number of hydrogen-bond donors (Lipinski definition) is 1. The summed E-state index contributed by atoms with van der Waals surface area (Å²) in [6.45, 7) is 4.06. The lowest BCUT2D eigenvalue weighted by Crippen LogP contribution is -2.31. The monoisotopic (exact) mass is 279 g/mol. The van der Waals surface area contributed by atoms with Crippen LogP contribution in [0.15, 0.2) is 12.1 Å². The van der Waals surface area contributed by atoms with E-state index in [1.807, 2.05) is 0 Å². The lowest BCUT2D eigenvalue weighted by molar-refractivity contribution is 0.351. The predicted molar refractivity (Wildman–Crippen MR) is 79.2 cm³/mol. The fourth-order valence-electron chi connectivity index (χ4n) is 3.11. The van der Waals surface area contributed by atoms with Crippen LogP contribution < -0.4 is 10.1 Å². The van der Waals surface area contributed by atoms with Crippen LogP contribution in [0.3, 0.4) is 0 Å². The number of benzene rings is 1. The van der Waals surface area contributed by atoms with Crippen molar-refractivity contribution < 1.29 is 4.74 Å². The molecular weight excluding hydrogens is 258 g/mol. The standard InChI is InChI=1S/C16H22ClNO/c1-2-18-15(11-3-4-11)6-5-12-9-14(17)10-13-7-8-19-16(12)13/h9-11,15,18H,2-8H2,1H3. The van der Waals surface area contributed by atoms with Crippen LogP contribution in [-0.4, -0.2) is 19.2 Å². The summed E-state index contributed by atoms with van der Waals surface area (Å²) in [4.78, 5) is 0. The molecule has 1 N–H and O–H groups in total. The number of aryl methyl sites for hydroxylation is 1. The second-order valence-electron chi connectivity index (χ2n) is 5.69. The number of hydrogen-bond acceptors (Lipinski definition) is 2. The van der Waals surface area contributed by atoms with Crippen molar-refractivity contribution >= 4 is 11.6 Å². The van der Waals surface area contributed by atoms with Gasteiger partial charge in [0.2, 0.25) is 0 Å². The number of fused-ring (bicyclic) bond motifs is 1. The molecule has 0 aromatic heterocycles. The van der Waals surface area contributed by atoms with E-state index in [4.69, 9.17) is 16.3 Å². The van der Waals surface area contributed by atoms with Gasteiger partial charge in [0, 0.05) is 17.5 Å². The highest BCUT2D eigenvalue weighted by molar-refractivity contribution is 6.30. The molecule has 0 radical (unpaired) electrons. The summed E-state index contributed by atoms with van der Waals surface area (Å²) in [5.74, 6) is 2.00. The molecule has 0 bridgehead atoms. The smallest absolute Gasteiger partial charge is 0.125 e. The Morgan fingerprint density at radius 2 is 2.26 bits per heavy atom. The zero-order valence-electron chi connectivity index (χ0n) is 11.5. The fourth-order valence-corrected chi connectivity index (χ4v) is 3.37. The van der Waals surface area contributed by atoms with Crippen LogP contribution in [0.2, 0.25) is 5.02 Å². The first-order valence-corrected chi connectivity index (χ1v) is 7.83. The Labute approximate surface area is 120 Å². The summed E-state index contributed by atoms with van der Waals surface area (Å²) in [7, 11) is 0. The van der Waals surface area contributed by atoms with E-state index in [1.165, 1.54) is 30.4 Å². The molecule has 1 aromatic carbocycles. The summed E-state index contributed by atoms with van der Waals surface area (Å²) in [6.07, 6.45) is 6.04. The number of rotatable bonds is 6. The van der Waals surface area contributed by atoms with E-state index in [0.29, 0.717) is 6.04 Å². The molecule has 1 unspecified atom stereocenters. The van der Waals surface area contributed by atoms with Crippen molar-refractivity contribution in [3.05, 3.63) is 28.3 Å². The largest absolute Gasteiger partial charge is 0.493 e. The van der Waals surface area contributed by atoms with Gasteiger partial charge in [0.25, 0.3) is 0 Å². The van der Waals surface area contributed by atoms with Gasteiger partial charge in [0.1, 0.15) is 5.75 Å². The summed E-state index contributed by atoms with van der Waals surface area (Å²) >= 11 is 6.21. The van der Waals surface area contributed by atoms with E-state index >= 15 is 0 Å². The molecule has 1 fully saturated rings. The highest BCUT2D eigenvalue weighted by Gasteiger charge is 2.30. The van der Waals surface area contributed by atoms with Gasteiger partial charge in [-0.05, 0) is 61.4 Å². The Balaban J connectivity index is 1.69. The Bertz CT molecular complexity index is 456. The maximum Gasteiger partial charge on any atom is 0.125 e. The number of ether oxygens (including phenoxy) is 1. The molecule has 104 valence electrons. The van der Waals surface area contributed by atoms with Gasteiger partial charge < -0.3 is 10.1 Å². The van der Waals surface area contributed by atoms with Crippen LogP contribution in [0.4, 0.5) is 0 Å². The van der Waals surface area contributed by atoms with Crippen molar-refractivity contribution in [3.8, 4) is 5.75 Å². The molecule has 1 aliphatic carbocycles. The lowest BCUT2D eigenvalue weighted by Gasteiger charge is -2.18. The molecule has 0 amide bonds. The van der Waals surface area contributed by atoms with Crippen molar-refractivity contribution in [2.24, 2.45) is 5.92 Å². The first-order valence-electron chi connectivity index (χ1n) is 7.45. The molecule has 1 aliphatic heterocycles. The minimum atomic E-state index is 0.668. The molecule has 1 atom stereocenters. The van der Waals surface area contributed by atoms with Crippen molar-refractivity contribution in [3.63, 3.8) is 0 Å². The topological polar surface area (TPSA) is 21.3 Å². The zero-order valence-corrected chi connectivity index (χ0v) is 12.3. The molecule has 1 saturated carbocycles. The van der Waals surface area contributed by atoms with Gasteiger partial charge in [0.05, 0.1) is 6.61 Å². The molecule has 1 aromatic rings. The van der Waals surface area contributed by atoms with Crippen LogP contribution in [0.1, 0.15) is 37.3 Å². The third-order valence-electron chi connectivity index (χ3n) is 4.21. The molecule has 3 heteroatoms. The summed E-state index contributed by atoms with van der Waals surface area (Å²) in [6, 6.07) is 4.80. The summed E-state index contributed by atoms with van der Waals surface area (Å²) in [5.41, 5.74) is 2.58. The molecule has 0 saturated heterocycles. The second kappa shape index (κ2) is 5.72. The van der Waals surface area contributed by atoms with Crippen LogP contribution in [-0.2, 0) is 12.8 Å². The number of halogens is 1. The molecule has 3 rings (SSSR count). The first-order chi connectivity index (χ1) is 9.28. The average Bonchev–Trinajstić information content (AvgIpc) is 3.12. The van der Waals surface area contributed by atoms with Gasteiger partial charge in [-0.15, -0.1) is 0 Å². The maximum absolute atomic E-state index is 6.21. The molecule has 2 aliphatic rings. The van der Waals surface area contributed by atoms with Gasteiger partial charge in [-0.3, -0.25) is 0 Å². The van der Waals surface area contributed by atoms with Gasteiger partial charge in [-0.2, -0.15) is 0 Å². The van der Waals surface area contributed by atoms with Gasteiger partial charge in [-0.1, -0.05) is 18.5 Å². The number of nitrogens with one attached hydrogen (secondary N) is 1. The van der Waals surface area contributed by atoms with E-state index in [9.17, 15) is 0 Å². The van der Waals surface area contributed by atoms with E-state index in [2.05, 4.69) is 24.4 Å². The quantitative estimate of drug-likeness (QED) is 0.859. The van der Waals surface area contributed by atoms with Crippen LogP contribution in [0, 0.1) is 5.92 Å². The maximum atomic E-state index is 6.21. The summed E-state index contributed by atoms with van der Waals surface area (Å²) in [5, 5.41) is 4.48. The van der Waals surface area contributed by atoms with Gasteiger partial charge in [0.15, 0.2) is 0 Å². The lowest BCUT2D eigenvalue weighted by atomic mass is 9.99. The minimum Gasteiger partial charge on any atom is -0.493 e. The minimum absolute atomic E-state index is 0.668. The highest BCUT2D eigenvalue weighted by atomic mass is 35.5. The first kappa shape index (κ1) is 13.3. The zero-order chi connectivity index (χ0) is 13.2. The van der Waals surface area contributed by atoms with E-state index in [1.54, 1.807) is 0 Å². The van der Waals surface area contributed by atoms with Crippen LogP contribution in [0.25, 0.3) is 0 Å². The second-order valence-corrected chi connectivity index (χ2v) is 6.13. The summed E-state index contributed by atoms with van der Waals surface area (Å²) < 4.78 is 5.77. The fraction of sp³-hybridized carbons (Fsp3) is 0.625. The Hall–Kier alpha value is -0.730. The Kier molecular flexibility index (Phi) is 3.99. The normalized spacial score (nSPS) is 19.1. The Morgan fingerprint density at radius 1 is 1.42 bits per heavy atom. The third-order valence-corrected chi connectivity index (χ3v) is 4.43. The van der Waals surface area contributed by atoms with Crippen molar-refractivity contribution in [1.82, 2.24) is 5.32 Å². The van der Waals surface area contributed by atoms with Crippen LogP contribution >= 0.6 is 11.6 Å². The Morgan fingerprint density at radius 3 is 3.00 bits per heavy atom. The molecule has 19 heavy (non-hydrogen) atoms. The molecule has 1 heterocycles. The van der Waals surface area contributed by atoms with E-state index in [-0.39, 0.29) is 0 Å².